The summed E-state index contributed by atoms with van der Waals surface area (Å²) in [6.07, 6.45) is 22.2. The van der Waals surface area contributed by atoms with Gasteiger partial charge in [0.2, 0.25) is 0 Å². The molecule has 6 atom stereocenters. The molecule has 0 heterocycles. The van der Waals surface area contributed by atoms with Gasteiger partial charge in [0.15, 0.2) is 0 Å². The van der Waals surface area contributed by atoms with Crippen LogP contribution in [0.2, 0.25) is 0 Å². The smallest absolute Gasteiger partial charge is 0.0603 e. The van der Waals surface area contributed by atoms with Crippen LogP contribution in [0.5, 0.6) is 0 Å². The largest absolute Gasteiger partial charge is 0.393 e. The SMILES string of the molecule is O[C@@H]1CCCC(COC2CCCC(OC3CCCC(OC4CCCCC4)C3)C2)C1. The van der Waals surface area contributed by atoms with Gasteiger partial charge < -0.3 is 19.3 Å². The summed E-state index contributed by atoms with van der Waals surface area (Å²) in [5.41, 5.74) is 0. The van der Waals surface area contributed by atoms with Gasteiger partial charge in [0.05, 0.1) is 36.6 Å². The Bertz CT molecular complexity index is 464. The molecule has 0 aromatic heterocycles. The summed E-state index contributed by atoms with van der Waals surface area (Å²) in [5.74, 6) is 0.552. The number of hydrogen-bond donors (Lipinski definition) is 1. The third kappa shape index (κ3) is 7.19. The molecule has 4 heteroatoms. The fourth-order valence-corrected chi connectivity index (χ4v) is 6.16. The molecule has 0 aromatic rings. The summed E-state index contributed by atoms with van der Waals surface area (Å²) < 4.78 is 19.3. The standard InChI is InChI=1S/C25H44O4/c26-20-8-4-7-19(15-20)18-27-22-11-5-12-23(16-22)29-25-14-6-13-24(17-25)28-21-9-2-1-3-10-21/h19-26H,1-18H2/t19?,20-,22?,23?,24?,25?/m1/s1. The topological polar surface area (TPSA) is 47.9 Å². The van der Waals surface area contributed by atoms with E-state index in [0.29, 0.717) is 36.4 Å². The summed E-state index contributed by atoms with van der Waals surface area (Å²) in [6, 6.07) is 0. The molecule has 4 fully saturated rings. The van der Waals surface area contributed by atoms with Crippen LogP contribution in [0.4, 0.5) is 0 Å². The Hall–Kier alpha value is -0.160. The van der Waals surface area contributed by atoms with E-state index in [1.165, 1.54) is 77.0 Å². The van der Waals surface area contributed by atoms with Crippen molar-refractivity contribution in [1.82, 2.24) is 0 Å². The van der Waals surface area contributed by atoms with E-state index in [4.69, 9.17) is 14.2 Å². The van der Waals surface area contributed by atoms with Crippen LogP contribution >= 0.6 is 0 Å². The molecule has 0 radical (unpaired) electrons. The van der Waals surface area contributed by atoms with Gasteiger partial charge in [-0.15, -0.1) is 0 Å². The highest BCUT2D eigenvalue weighted by Gasteiger charge is 2.31. The third-order valence-corrected chi connectivity index (χ3v) is 7.80. The maximum Gasteiger partial charge on any atom is 0.0603 e. The molecule has 4 saturated carbocycles. The van der Waals surface area contributed by atoms with Crippen LogP contribution in [0.15, 0.2) is 0 Å². The highest BCUT2D eigenvalue weighted by atomic mass is 16.5. The zero-order valence-corrected chi connectivity index (χ0v) is 18.4. The first-order chi connectivity index (χ1) is 14.2. The van der Waals surface area contributed by atoms with E-state index in [1.807, 2.05) is 0 Å². The lowest BCUT2D eigenvalue weighted by Gasteiger charge is -2.37. The number of aliphatic hydroxyl groups is 1. The van der Waals surface area contributed by atoms with E-state index < -0.39 is 0 Å². The Morgan fingerprint density at radius 2 is 1.07 bits per heavy atom. The van der Waals surface area contributed by atoms with E-state index in [1.54, 1.807) is 0 Å². The van der Waals surface area contributed by atoms with Crippen molar-refractivity contribution in [3.63, 3.8) is 0 Å². The van der Waals surface area contributed by atoms with E-state index in [-0.39, 0.29) is 6.10 Å². The Morgan fingerprint density at radius 1 is 0.517 bits per heavy atom. The molecule has 4 nitrogen and oxygen atoms in total. The fraction of sp³-hybridized carbons (Fsp3) is 1.00. The van der Waals surface area contributed by atoms with Crippen LogP contribution in [-0.2, 0) is 14.2 Å². The second-order valence-electron chi connectivity index (χ2n) is 10.4. The number of hydrogen-bond acceptors (Lipinski definition) is 4. The first-order valence-electron chi connectivity index (χ1n) is 12.8. The normalized spacial score (nSPS) is 40.0. The first-order valence-corrected chi connectivity index (χ1v) is 12.8. The van der Waals surface area contributed by atoms with Gasteiger partial charge in [-0.25, -0.2) is 0 Å². The molecule has 0 spiro atoms. The van der Waals surface area contributed by atoms with Crippen LogP contribution in [0.1, 0.15) is 109 Å². The molecule has 29 heavy (non-hydrogen) atoms. The predicted octanol–water partition coefficient (Wildman–Crippen LogP) is 5.54. The quantitative estimate of drug-likeness (QED) is 0.600. The summed E-state index contributed by atoms with van der Waals surface area (Å²) in [7, 11) is 0. The monoisotopic (exact) mass is 408 g/mol. The molecule has 0 saturated heterocycles. The van der Waals surface area contributed by atoms with Crippen molar-refractivity contribution < 1.29 is 19.3 Å². The van der Waals surface area contributed by atoms with Crippen molar-refractivity contribution in [3.05, 3.63) is 0 Å². The molecule has 4 aliphatic rings. The van der Waals surface area contributed by atoms with Gasteiger partial charge in [-0.3, -0.25) is 0 Å². The number of ether oxygens (including phenoxy) is 3. The van der Waals surface area contributed by atoms with Gasteiger partial charge in [-0.1, -0.05) is 25.7 Å². The van der Waals surface area contributed by atoms with Gasteiger partial charge in [0, 0.05) is 6.61 Å². The molecule has 168 valence electrons. The van der Waals surface area contributed by atoms with Crippen molar-refractivity contribution in [2.24, 2.45) is 5.92 Å². The summed E-state index contributed by atoms with van der Waals surface area (Å²) in [4.78, 5) is 0. The number of aliphatic hydroxyl groups excluding tert-OH is 1. The second-order valence-corrected chi connectivity index (χ2v) is 10.4. The van der Waals surface area contributed by atoms with Crippen molar-refractivity contribution in [2.45, 2.75) is 146 Å². The second kappa shape index (κ2) is 11.5. The average molecular weight is 409 g/mol. The third-order valence-electron chi connectivity index (χ3n) is 7.80. The van der Waals surface area contributed by atoms with E-state index in [2.05, 4.69) is 0 Å². The van der Waals surface area contributed by atoms with Crippen molar-refractivity contribution in [1.29, 1.82) is 0 Å². The highest BCUT2D eigenvalue weighted by molar-refractivity contribution is 4.81. The van der Waals surface area contributed by atoms with Crippen molar-refractivity contribution in [2.75, 3.05) is 6.61 Å². The van der Waals surface area contributed by atoms with E-state index >= 15 is 0 Å². The molecule has 0 aromatic carbocycles. The van der Waals surface area contributed by atoms with Crippen molar-refractivity contribution in [3.8, 4) is 0 Å². The minimum atomic E-state index is -0.102. The minimum absolute atomic E-state index is 0.102. The molecule has 5 unspecified atom stereocenters. The van der Waals surface area contributed by atoms with Gasteiger partial charge >= 0.3 is 0 Å². The van der Waals surface area contributed by atoms with E-state index in [0.717, 1.165) is 38.7 Å². The van der Waals surface area contributed by atoms with Gasteiger partial charge in [0.25, 0.3) is 0 Å². The maximum absolute atomic E-state index is 9.88. The Morgan fingerprint density at radius 3 is 1.76 bits per heavy atom. The van der Waals surface area contributed by atoms with Crippen LogP contribution in [0, 0.1) is 5.92 Å². The Labute approximate surface area is 178 Å². The minimum Gasteiger partial charge on any atom is -0.393 e. The average Bonchev–Trinajstić information content (AvgIpc) is 2.74. The number of rotatable bonds is 7. The van der Waals surface area contributed by atoms with E-state index in [9.17, 15) is 5.11 Å². The first kappa shape index (κ1) is 22.0. The lowest BCUT2D eigenvalue weighted by molar-refractivity contribution is -0.119. The van der Waals surface area contributed by atoms with Crippen LogP contribution in [-0.4, -0.2) is 48.3 Å². The summed E-state index contributed by atoms with van der Waals surface area (Å²) in [6.45, 7) is 0.829. The molecule has 0 aliphatic heterocycles. The summed E-state index contributed by atoms with van der Waals surface area (Å²) >= 11 is 0. The lowest BCUT2D eigenvalue weighted by atomic mass is 9.87. The molecular formula is C25H44O4. The van der Waals surface area contributed by atoms with Gasteiger partial charge in [-0.05, 0) is 89.4 Å². The summed E-state index contributed by atoms with van der Waals surface area (Å²) in [5, 5.41) is 9.88. The van der Waals surface area contributed by atoms with Crippen molar-refractivity contribution >= 4 is 0 Å². The molecule has 4 rings (SSSR count). The van der Waals surface area contributed by atoms with Gasteiger partial charge in [0.1, 0.15) is 0 Å². The highest BCUT2D eigenvalue weighted by Crippen LogP contribution is 2.32. The zero-order valence-electron chi connectivity index (χ0n) is 18.4. The lowest BCUT2D eigenvalue weighted by Crippen LogP contribution is -2.37. The fourth-order valence-electron chi connectivity index (χ4n) is 6.16. The predicted molar refractivity (Wildman–Crippen MR) is 115 cm³/mol. The maximum atomic E-state index is 9.88. The van der Waals surface area contributed by atoms with Gasteiger partial charge in [-0.2, -0.15) is 0 Å². The molecule has 4 aliphatic carbocycles. The Kier molecular flexibility index (Phi) is 8.71. The molecule has 0 amide bonds. The zero-order chi connectivity index (χ0) is 19.9. The van der Waals surface area contributed by atoms with Crippen LogP contribution in [0.3, 0.4) is 0 Å². The van der Waals surface area contributed by atoms with Crippen LogP contribution < -0.4 is 0 Å². The van der Waals surface area contributed by atoms with Crippen LogP contribution in [0.25, 0.3) is 0 Å². The Balaban J connectivity index is 1.16. The molecule has 1 N–H and O–H groups in total. The molecular weight excluding hydrogens is 364 g/mol. The molecule has 0 bridgehead atoms.